The van der Waals surface area contributed by atoms with Crippen LogP contribution in [0, 0.1) is 0 Å². The molecule has 0 aromatic carbocycles. The van der Waals surface area contributed by atoms with E-state index in [4.69, 9.17) is 8.83 Å². The number of hydrogen-bond donors (Lipinski definition) is 1. The van der Waals surface area contributed by atoms with Crippen LogP contribution in [0.4, 0.5) is 0 Å². The third kappa shape index (κ3) is 3.71. The molecular weight excluding hydrogens is 268 g/mol. The van der Waals surface area contributed by atoms with Gasteiger partial charge in [0.2, 0.25) is 5.89 Å². The first-order chi connectivity index (χ1) is 10.3. The van der Waals surface area contributed by atoms with Gasteiger partial charge in [0, 0.05) is 12.6 Å². The maximum Gasteiger partial charge on any atom is 0.283 e. The predicted octanol–water partition coefficient (Wildman–Crippen LogP) is 2.29. The van der Waals surface area contributed by atoms with Gasteiger partial charge >= 0.3 is 0 Å². The lowest BCUT2D eigenvalue weighted by Gasteiger charge is -2.29. The van der Waals surface area contributed by atoms with Gasteiger partial charge in [-0.05, 0) is 38.1 Å². The van der Waals surface area contributed by atoms with Crippen LogP contribution in [0.3, 0.4) is 0 Å². The molecule has 6 heteroatoms. The molecule has 2 aromatic heterocycles. The van der Waals surface area contributed by atoms with Crippen molar-refractivity contribution in [3.63, 3.8) is 0 Å². The van der Waals surface area contributed by atoms with Crippen LogP contribution >= 0.6 is 0 Å². The highest BCUT2D eigenvalue weighted by Crippen LogP contribution is 2.18. The van der Waals surface area contributed by atoms with Gasteiger partial charge in [0.25, 0.3) is 5.89 Å². The fourth-order valence-electron chi connectivity index (χ4n) is 2.71. The van der Waals surface area contributed by atoms with E-state index in [0.29, 0.717) is 30.1 Å². The predicted molar refractivity (Wildman–Crippen MR) is 78.6 cm³/mol. The summed E-state index contributed by atoms with van der Waals surface area (Å²) in [7, 11) is 0. The van der Waals surface area contributed by atoms with Gasteiger partial charge in [-0.15, -0.1) is 10.2 Å². The quantitative estimate of drug-likeness (QED) is 0.880. The molecule has 0 saturated carbocycles. The second-order valence-corrected chi connectivity index (χ2v) is 5.45. The van der Waals surface area contributed by atoms with Gasteiger partial charge in [-0.25, -0.2) is 0 Å². The Bertz CT molecular complexity index is 532. The summed E-state index contributed by atoms with van der Waals surface area (Å²) in [6, 6.07) is 4.21. The molecule has 1 fully saturated rings. The van der Waals surface area contributed by atoms with Crippen molar-refractivity contribution in [1.29, 1.82) is 0 Å². The van der Waals surface area contributed by atoms with Crippen molar-refractivity contribution < 1.29 is 8.83 Å². The number of furan rings is 1. The zero-order valence-corrected chi connectivity index (χ0v) is 12.4. The third-order valence-corrected chi connectivity index (χ3v) is 3.90. The molecule has 6 nitrogen and oxygen atoms in total. The maximum absolute atomic E-state index is 5.67. The van der Waals surface area contributed by atoms with E-state index < -0.39 is 0 Å². The van der Waals surface area contributed by atoms with Crippen LogP contribution < -0.4 is 5.32 Å². The van der Waals surface area contributed by atoms with Crippen molar-refractivity contribution in [2.24, 2.45) is 0 Å². The fourth-order valence-corrected chi connectivity index (χ4v) is 2.71. The molecule has 1 atom stereocenters. The Morgan fingerprint density at radius 1 is 1.38 bits per heavy atom. The third-order valence-electron chi connectivity index (χ3n) is 3.90. The van der Waals surface area contributed by atoms with E-state index in [1.807, 2.05) is 12.1 Å². The Labute approximate surface area is 124 Å². The van der Waals surface area contributed by atoms with Crippen molar-refractivity contribution >= 4 is 0 Å². The maximum atomic E-state index is 5.67. The van der Waals surface area contributed by atoms with Crippen LogP contribution in [-0.4, -0.2) is 40.8 Å². The molecule has 1 aliphatic heterocycles. The van der Waals surface area contributed by atoms with Gasteiger partial charge in [-0.1, -0.05) is 13.3 Å². The summed E-state index contributed by atoms with van der Waals surface area (Å²) in [5.74, 6) is 1.70. The molecule has 21 heavy (non-hydrogen) atoms. The molecule has 1 unspecified atom stereocenters. The van der Waals surface area contributed by atoms with Gasteiger partial charge < -0.3 is 14.2 Å². The zero-order chi connectivity index (χ0) is 14.5. The topological polar surface area (TPSA) is 67.3 Å². The summed E-state index contributed by atoms with van der Waals surface area (Å²) >= 11 is 0. The van der Waals surface area contributed by atoms with E-state index in [-0.39, 0.29) is 0 Å². The van der Waals surface area contributed by atoms with Crippen molar-refractivity contribution in [1.82, 2.24) is 20.4 Å². The summed E-state index contributed by atoms with van der Waals surface area (Å²) in [5.41, 5.74) is 0. The average molecular weight is 290 g/mol. The Hall–Kier alpha value is -1.66. The molecular formula is C15H22N4O2. The molecule has 2 aromatic rings. The number of piperidine rings is 1. The standard InChI is InChI=1S/C15H22N4O2/c1-2-19(10-12-6-3-4-8-16-12)11-14-17-18-15(21-14)13-7-5-9-20-13/h5,7,9,12,16H,2-4,6,8,10-11H2,1H3. The van der Waals surface area contributed by atoms with Crippen LogP contribution in [0.1, 0.15) is 32.1 Å². The van der Waals surface area contributed by atoms with Crippen LogP contribution in [0.2, 0.25) is 0 Å². The summed E-state index contributed by atoms with van der Waals surface area (Å²) in [4.78, 5) is 2.34. The Balaban J connectivity index is 1.58. The highest BCUT2D eigenvalue weighted by Gasteiger charge is 2.18. The molecule has 0 bridgehead atoms. The van der Waals surface area contributed by atoms with Gasteiger partial charge in [0.1, 0.15) is 0 Å². The van der Waals surface area contributed by atoms with Crippen molar-refractivity contribution in [2.45, 2.75) is 38.8 Å². The average Bonchev–Trinajstić information content (AvgIpc) is 3.18. The van der Waals surface area contributed by atoms with Gasteiger partial charge in [0.05, 0.1) is 12.8 Å². The molecule has 1 N–H and O–H groups in total. The largest absolute Gasteiger partial charge is 0.459 e. The van der Waals surface area contributed by atoms with Crippen LogP contribution in [0.25, 0.3) is 11.7 Å². The first-order valence-corrected chi connectivity index (χ1v) is 7.67. The zero-order valence-electron chi connectivity index (χ0n) is 12.4. The van der Waals surface area contributed by atoms with Crippen LogP contribution in [0.15, 0.2) is 27.2 Å². The van der Waals surface area contributed by atoms with E-state index in [9.17, 15) is 0 Å². The number of nitrogens with one attached hydrogen (secondary N) is 1. The minimum atomic E-state index is 0.446. The molecule has 1 saturated heterocycles. The normalized spacial score (nSPS) is 19.2. The van der Waals surface area contributed by atoms with E-state index in [1.165, 1.54) is 19.3 Å². The molecule has 3 heterocycles. The first-order valence-electron chi connectivity index (χ1n) is 7.67. The van der Waals surface area contributed by atoms with Crippen LogP contribution in [-0.2, 0) is 6.54 Å². The van der Waals surface area contributed by atoms with Gasteiger partial charge in [-0.2, -0.15) is 0 Å². The number of nitrogens with zero attached hydrogens (tertiary/aromatic N) is 3. The molecule has 0 aliphatic carbocycles. The van der Waals surface area contributed by atoms with E-state index >= 15 is 0 Å². The lowest BCUT2D eigenvalue weighted by molar-refractivity contribution is 0.209. The second-order valence-electron chi connectivity index (χ2n) is 5.45. The Morgan fingerprint density at radius 3 is 3.05 bits per heavy atom. The molecule has 3 rings (SSSR count). The molecule has 114 valence electrons. The molecule has 0 amide bonds. The van der Waals surface area contributed by atoms with Crippen LogP contribution in [0.5, 0.6) is 0 Å². The monoisotopic (exact) mass is 290 g/mol. The summed E-state index contributed by atoms with van der Waals surface area (Å²) in [5, 5.41) is 11.7. The van der Waals surface area contributed by atoms with E-state index in [2.05, 4.69) is 27.3 Å². The Morgan fingerprint density at radius 2 is 2.33 bits per heavy atom. The first kappa shape index (κ1) is 14.3. The highest BCUT2D eigenvalue weighted by atomic mass is 16.4. The number of rotatable bonds is 6. The van der Waals surface area contributed by atoms with Crippen molar-refractivity contribution in [3.8, 4) is 11.7 Å². The minimum absolute atomic E-state index is 0.446. The fraction of sp³-hybridized carbons (Fsp3) is 0.600. The molecule has 0 radical (unpaired) electrons. The summed E-state index contributed by atoms with van der Waals surface area (Å²) in [6.07, 6.45) is 5.46. The highest BCUT2D eigenvalue weighted by molar-refractivity contribution is 5.42. The van der Waals surface area contributed by atoms with Gasteiger partial charge in [-0.3, -0.25) is 4.90 Å². The number of aromatic nitrogens is 2. The van der Waals surface area contributed by atoms with E-state index in [1.54, 1.807) is 6.26 Å². The Kier molecular flexibility index (Phi) is 4.67. The summed E-state index contributed by atoms with van der Waals surface area (Å²) < 4.78 is 10.9. The van der Waals surface area contributed by atoms with Crippen molar-refractivity contribution in [3.05, 3.63) is 24.3 Å². The molecule has 0 spiro atoms. The van der Waals surface area contributed by atoms with Gasteiger partial charge in [0.15, 0.2) is 5.76 Å². The number of likely N-dealkylation sites (N-methyl/N-ethyl adjacent to an activating group) is 1. The lowest BCUT2D eigenvalue weighted by Crippen LogP contribution is -2.43. The minimum Gasteiger partial charge on any atom is -0.459 e. The van der Waals surface area contributed by atoms with E-state index in [0.717, 1.165) is 19.6 Å². The SMILES string of the molecule is CCN(Cc1nnc(-c2ccco2)o1)CC1CCCCN1. The summed E-state index contributed by atoms with van der Waals surface area (Å²) in [6.45, 7) is 5.96. The lowest BCUT2D eigenvalue weighted by atomic mass is 10.0. The molecule has 1 aliphatic rings. The number of hydrogen-bond acceptors (Lipinski definition) is 6. The second kappa shape index (κ2) is 6.87. The van der Waals surface area contributed by atoms with Crippen molar-refractivity contribution in [2.75, 3.05) is 19.6 Å². The smallest absolute Gasteiger partial charge is 0.283 e.